The Bertz CT molecular complexity index is 465. The monoisotopic (exact) mass is 264 g/mol. The molecule has 6 nitrogen and oxygen atoms in total. The highest BCUT2D eigenvalue weighted by Crippen LogP contribution is 2.27. The van der Waals surface area contributed by atoms with Crippen LogP contribution in [0.5, 0.6) is 0 Å². The van der Waals surface area contributed by atoms with Crippen LogP contribution in [0.4, 0.5) is 0 Å². The van der Waals surface area contributed by atoms with Crippen LogP contribution in [-0.4, -0.2) is 38.4 Å². The molecule has 1 fully saturated rings. The maximum Gasteiger partial charge on any atom is 0.314 e. The Kier molecular flexibility index (Phi) is 3.50. The predicted octanol–water partition coefficient (Wildman–Crippen LogP) is 0.925. The minimum atomic E-state index is -0.782. The van der Waals surface area contributed by atoms with Gasteiger partial charge in [-0.1, -0.05) is 6.42 Å². The molecule has 104 valence electrons. The van der Waals surface area contributed by atoms with Crippen LogP contribution in [0.15, 0.2) is 0 Å². The van der Waals surface area contributed by atoms with Crippen LogP contribution in [0.3, 0.4) is 0 Å². The van der Waals surface area contributed by atoms with E-state index >= 15 is 0 Å². The fraction of sp³-hybridized carbons (Fsp3) is 0.769. The zero-order valence-electron chi connectivity index (χ0n) is 11.0. The van der Waals surface area contributed by atoms with Gasteiger partial charge in [-0.2, -0.15) is 0 Å². The Hall–Kier alpha value is -1.43. The van der Waals surface area contributed by atoms with Crippen LogP contribution in [0.2, 0.25) is 0 Å². The van der Waals surface area contributed by atoms with Crippen LogP contribution < -0.4 is 5.32 Å². The molecular formula is C13H20N4O2. The normalized spacial score (nSPS) is 26.9. The van der Waals surface area contributed by atoms with Crippen molar-refractivity contribution in [3.8, 4) is 0 Å². The van der Waals surface area contributed by atoms with E-state index in [4.69, 9.17) is 0 Å². The second kappa shape index (κ2) is 5.28. The highest BCUT2D eigenvalue weighted by atomic mass is 16.4. The summed E-state index contributed by atoms with van der Waals surface area (Å²) in [6.07, 6.45) is 6.11. The van der Waals surface area contributed by atoms with Gasteiger partial charge in [-0.05, 0) is 32.2 Å². The first-order valence-corrected chi connectivity index (χ1v) is 7.14. The van der Waals surface area contributed by atoms with Crippen LogP contribution in [0, 0.1) is 0 Å². The third-order valence-electron chi connectivity index (χ3n) is 4.18. The first-order chi connectivity index (χ1) is 9.25. The van der Waals surface area contributed by atoms with Gasteiger partial charge in [-0.15, -0.1) is 10.2 Å². The first kappa shape index (κ1) is 12.6. The predicted molar refractivity (Wildman–Crippen MR) is 69.0 cm³/mol. The van der Waals surface area contributed by atoms with Crippen molar-refractivity contribution in [1.29, 1.82) is 0 Å². The summed E-state index contributed by atoms with van der Waals surface area (Å²) in [7, 11) is 0. The SMILES string of the molecule is O=C(O)C1CCCn2c(CC3CCCCN3)nnc21. The van der Waals surface area contributed by atoms with Crippen LogP contribution in [0.25, 0.3) is 0 Å². The number of carbonyl (C=O) groups is 1. The molecular weight excluding hydrogens is 244 g/mol. The van der Waals surface area contributed by atoms with Gasteiger partial charge >= 0.3 is 5.97 Å². The number of rotatable bonds is 3. The summed E-state index contributed by atoms with van der Waals surface area (Å²) >= 11 is 0. The molecule has 0 amide bonds. The number of fused-ring (bicyclic) bond motifs is 1. The van der Waals surface area contributed by atoms with E-state index in [9.17, 15) is 9.90 Å². The molecule has 1 saturated heterocycles. The van der Waals surface area contributed by atoms with Gasteiger partial charge in [0, 0.05) is 19.0 Å². The lowest BCUT2D eigenvalue weighted by Crippen LogP contribution is -2.36. The van der Waals surface area contributed by atoms with Gasteiger partial charge in [0.05, 0.1) is 0 Å². The van der Waals surface area contributed by atoms with Crippen molar-refractivity contribution in [2.45, 2.75) is 57.0 Å². The third-order valence-corrected chi connectivity index (χ3v) is 4.18. The second-order valence-corrected chi connectivity index (χ2v) is 5.51. The number of aromatic nitrogens is 3. The van der Waals surface area contributed by atoms with Crippen molar-refractivity contribution < 1.29 is 9.90 Å². The Labute approximate surface area is 112 Å². The topological polar surface area (TPSA) is 80.0 Å². The smallest absolute Gasteiger partial charge is 0.314 e. The van der Waals surface area contributed by atoms with E-state index in [1.54, 1.807) is 0 Å². The fourth-order valence-electron chi connectivity index (χ4n) is 3.14. The number of piperidine rings is 1. The molecule has 2 unspecified atom stereocenters. The van der Waals surface area contributed by atoms with E-state index in [0.717, 1.165) is 31.8 Å². The average molecular weight is 264 g/mol. The van der Waals surface area contributed by atoms with Crippen molar-refractivity contribution in [1.82, 2.24) is 20.1 Å². The molecule has 6 heteroatoms. The van der Waals surface area contributed by atoms with Crippen LogP contribution >= 0.6 is 0 Å². The molecule has 0 saturated carbocycles. The van der Waals surface area contributed by atoms with Gasteiger partial charge in [0.1, 0.15) is 17.6 Å². The summed E-state index contributed by atoms with van der Waals surface area (Å²) in [4.78, 5) is 11.2. The molecule has 2 N–H and O–H groups in total. The van der Waals surface area contributed by atoms with Crippen LogP contribution in [0.1, 0.15) is 49.7 Å². The third kappa shape index (κ3) is 2.49. The largest absolute Gasteiger partial charge is 0.481 e. The van der Waals surface area contributed by atoms with E-state index in [1.165, 1.54) is 19.3 Å². The fourth-order valence-corrected chi connectivity index (χ4v) is 3.14. The number of nitrogens with one attached hydrogen (secondary N) is 1. The number of hydrogen-bond acceptors (Lipinski definition) is 4. The highest BCUT2D eigenvalue weighted by molar-refractivity contribution is 5.75. The molecule has 2 aliphatic heterocycles. The van der Waals surface area contributed by atoms with Crippen molar-refractivity contribution >= 4 is 5.97 Å². The Morgan fingerprint density at radius 1 is 1.32 bits per heavy atom. The molecule has 3 rings (SSSR count). The molecule has 3 heterocycles. The van der Waals surface area contributed by atoms with Gasteiger partial charge < -0.3 is 15.0 Å². The quantitative estimate of drug-likeness (QED) is 0.848. The lowest BCUT2D eigenvalue weighted by molar-refractivity contribution is -0.139. The standard InChI is InChI=1S/C13H20N4O2/c18-13(19)10-5-3-7-17-11(15-16-12(10)17)8-9-4-1-2-6-14-9/h9-10,14H,1-8H2,(H,18,19). The molecule has 0 aromatic carbocycles. The molecule has 0 bridgehead atoms. The molecule has 2 atom stereocenters. The average Bonchev–Trinajstić information content (AvgIpc) is 2.83. The molecule has 2 aliphatic rings. The Morgan fingerprint density at radius 2 is 2.21 bits per heavy atom. The second-order valence-electron chi connectivity index (χ2n) is 5.51. The lowest BCUT2D eigenvalue weighted by Gasteiger charge is -2.25. The molecule has 0 spiro atoms. The van der Waals surface area contributed by atoms with E-state index in [0.29, 0.717) is 18.3 Å². The van der Waals surface area contributed by atoms with Gasteiger partial charge in [0.25, 0.3) is 0 Å². The summed E-state index contributed by atoms with van der Waals surface area (Å²) in [6.45, 7) is 1.93. The maximum atomic E-state index is 11.2. The Morgan fingerprint density at radius 3 is 2.95 bits per heavy atom. The number of carboxylic acids is 1. The number of aliphatic carboxylic acids is 1. The van der Waals surface area contributed by atoms with Gasteiger partial charge in [0.15, 0.2) is 0 Å². The van der Waals surface area contributed by atoms with E-state index < -0.39 is 11.9 Å². The van der Waals surface area contributed by atoms with E-state index in [2.05, 4.69) is 15.5 Å². The van der Waals surface area contributed by atoms with Crippen molar-refractivity contribution in [2.24, 2.45) is 0 Å². The molecule has 19 heavy (non-hydrogen) atoms. The van der Waals surface area contributed by atoms with E-state index in [1.807, 2.05) is 4.57 Å². The molecule has 1 aromatic rings. The van der Waals surface area contributed by atoms with Gasteiger partial charge in [-0.3, -0.25) is 4.79 Å². The minimum absolute atomic E-state index is 0.465. The highest BCUT2D eigenvalue weighted by Gasteiger charge is 2.31. The molecule has 1 aromatic heterocycles. The van der Waals surface area contributed by atoms with Crippen molar-refractivity contribution in [3.63, 3.8) is 0 Å². The van der Waals surface area contributed by atoms with E-state index in [-0.39, 0.29) is 0 Å². The Balaban J connectivity index is 1.78. The summed E-state index contributed by atoms with van der Waals surface area (Å²) in [5.74, 6) is 0.329. The first-order valence-electron chi connectivity index (χ1n) is 7.14. The van der Waals surface area contributed by atoms with Gasteiger partial charge in [-0.25, -0.2) is 0 Å². The van der Waals surface area contributed by atoms with Crippen molar-refractivity contribution in [2.75, 3.05) is 6.54 Å². The molecule has 0 aliphatic carbocycles. The molecule has 0 radical (unpaired) electrons. The summed E-state index contributed by atoms with van der Waals surface area (Å²) in [5.41, 5.74) is 0. The summed E-state index contributed by atoms with van der Waals surface area (Å²) in [6, 6.07) is 0.465. The number of nitrogens with zero attached hydrogens (tertiary/aromatic N) is 3. The van der Waals surface area contributed by atoms with Gasteiger partial charge in [0.2, 0.25) is 0 Å². The lowest BCUT2D eigenvalue weighted by atomic mass is 9.98. The summed E-state index contributed by atoms with van der Waals surface area (Å²) < 4.78 is 2.03. The minimum Gasteiger partial charge on any atom is -0.481 e. The zero-order chi connectivity index (χ0) is 13.2. The maximum absolute atomic E-state index is 11.2. The zero-order valence-corrected chi connectivity index (χ0v) is 11.0. The van der Waals surface area contributed by atoms with Crippen LogP contribution in [-0.2, 0) is 17.8 Å². The van der Waals surface area contributed by atoms with Crippen molar-refractivity contribution in [3.05, 3.63) is 11.6 Å². The number of carboxylic acid groups (broad SMARTS) is 1. The summed E-state index contributed by atoms with van der Waals surface area (Å²) in [5, 5.41) is 21.1. The number of hydrogen-bond donors (Lipinski definition) is 2.